The van der Waals surface area contributed by atoms with E-state index < -0.39 is 54.5 Å². The molecule has 0 saturated carbocycles. The lowest BCUT2D eigenvalue weighted by Crippen LogP contribution is -2.67. The van der Waals surface area contributed by atoms with Gasteiger partial charge in [0.2, 0.25) is 12.2 Å². The summed E-state index contributed by atoms with van der Waals surface area (Å²) in [5.74, 6) is -2.00. The van der Waals surface area contributed by atoms with E-state index in [0.717, 1.165) is 0 Å². The minimum absolute atomic E-state index is 0.298. The number of carbonyl (C=O) groups is 4. The molecule has 0 bridgehead atoms. The molecular weight excluding hydrogens is 478 g/mol. The standard InChI is InChI=1S/C20H24BrNO9/c1-10(23)22-17-19(29-13(4)26)18(28-12(3)25)16(9-27-11(2)24)31-20(17)30-15-8-6-5-7-14(15)21/h5-8,16-20H,9H2,1-4H3,(H,22,23). The van der Waals surface area contributed by atoms with Gasteiger partial charge in [0.05, 0.1) is 4.47 Å². The number of hydrogen-bond acceptors (Lipinski definition) is 9. The average molecular weight is 502 g/mol. The van der Waals surface area contributed by atoms with Crippen molar-refractivity contribution >= 4 is 39.7 Å². The Morgan fingerprint density at radius 1 is 0.968 bits per heavy atom. The number of para-hydroxylation sites is 1. The van der Waals surface area contributed by atoms with Gasteiger partial charge in [0.25, 0.3) is 0 Å². The first-order chi connectivity index (χ1) is 14.6. The second kappa shape index (κ2) is 11.1. The van der Waals surface area contributed by atoms with Gasteiger partial charge in [-0.15, -0.1) is 0 Å². The maximum Gasteiger partial charge on any atom is 0.303 e. The maximum absolute atomic E-state index is 11.9. The predicted molar refractivity (Wildman–Crippen MR) is 109 cm³/mol. The zero-order valence-electron chi connectivity index (χ0n) is 17.5. The molecule has 0 spiro atoms. The Balaban J connectivity index is 2.46. The third-order valence-electron chi connectivity index (χ3n) is 4.15. The fourth-order valence-electron chi connectivity index (χ4n) is 3.06. The van der Waals surface area contributed by atoms with Crippen molar-refractivity contribution in [2.24, 2.45) is 0 Å². The number of amides is 1. The highest BCUT2D eigenvalue weighted by atomic mass is 79.9. The van der Waals surface area contributed by atoms with Crippen LogP contribution in [-0.4, -0.2) is 61.1 Å². The molecule has 5 unspecified atom stereocenters. The number of carbonyl (C=O) groups excluding carboxylic acids is 4. The number of halogens is 1. The van der Waals surface area contributed by atoms with Gasteiger partial charge in [-0.05, 0) is 28.1 Å². The molecule has 0 radical (unpaired) electrons. The van der Waals surface area contributed by atoms with Gasteiger partial charge in [-0.2, -0.15) is 0 Å². The molecule has 1 aromatic rings. The third kappa shape index (κ3) is 7.21. The highest BCUT2D eigenvalue weighted by Gasteiger charge is 2.52. The molecule has 1 aliphatic heterocycles. The van der Waals surface area contributed by atoms with Crippen LogP contribution in [-0.2, 0) is 38.1 Å². The van der Waals surface area contributed by atoms with E-state index in [1.165, 1.54) is 27.7 Å². The Labute approximate surface area is 187 Å². The topological polar surface area (TPSA) is 126 Å². The molecule has 0 aromatic heterocycles. The summed E-state index contributed by atoms with van der Waals surface area (Å²) in [5.41, 5.74) is 0. The third-order valence-corrected chi connectivity index (χ3v) is 4.81. The molecule has 1 fully saturated rings. The summed E-state index contributed by atoms with van der Waals surface area (Å²) < 4.78 is 28.3. The smallest absolute Gasteiger partial charge is 0.303 e. The first kappa shape index (κ1) is 24.6. The molecule has 1 aromatic carbocycles. The molecule has 1 N–H and O–H groups in total. The van der Waals surface area contributed by atoms with E-state index in [2.05, 4.69) is 21.2 Å². The van der Waals surface area contributed by atoms with Gasteiger partial charge in [0.1, 0.15) is 24.5 Å². The van der Waals surface area contributed by atoms with Gasteiger partial charge in [-0.25, -0.2) is 0 Å². The molecule has 0 aliphatic carbocycles. The normalized spacial score (nSPS) is 25.1. The molecule has 1 saturated heterocycles. The fourth-order valence-corrected chi connectivity index (χ4v) is 3.43. The van der Waals surface area contributed by atoms with Crippen molar-refractivity contribution in [2.75, 3.05) is 6.61 Å². The Kier molecular flexibility index (Phi) is 8.81. The number of nitrogens with one attached hydrogen (secondary N) is 1. The van der Waals surface area contributed by atoms with Crippen LogP contribution >= 0.6 is 15.9 Å². The van der Waals surface area contributed by atoms with Crippen LogP contribution in [0.15, 0.2) is 28.7 Å². The lowest BCUT2D eigenvalue weighted by Gasteiger charge is -2.44. The van der Waals surface area contributed by atoms with E-state index in [0.29, 0.717) is 10.2 Å². The van der Waals surface area contributed by atoms with Crippen molar-refractivity contribution in [3.63, 3.8) is 0 Å². The second-order valence-corrected chi connectivity index (χ2v) is 7.62. The van der Waals surface area contributed by atoms with Gasteiger partial charge in [0.15, 0.2) is 12.2 Å². The van der Waals surface area contributed by atoms with Crippen LogP contribution in [0.5, 0.6) is 5.75 Å². The van der Waals surface area contributed by atoms with Crippen LogP contribution in [0.2, 0.25) is 0 Å². The number of rotatable bonds is 7. The summed E-state index contributed by atoms with van der Waals surface area (Å²) in [6.45, 7) is 4.53. The van der Waals surface area contributed by atoms with Gasteiger partial charge < -0.3 is 29.0 Å². The first-order valence-corrected chi connectivity index (χ1v) is 10.2. The van der Waals surface area contributed by atoms with Crippen molar-refractivity contribution in [1.29, 1.82) is 0 Å². The molecule has 2 rings (SSSR count). The average Bonchev–Trinajstić information content (AvgIpc) is 2.65. The van der Waals surface area contributed by atoms with E-state index in [4.69, 9.17) is 23.7 Å². The summed E-state index contributed by atoms with van der Waals surface area (Å²) in [6.07, 6.45) is -4.54. The summed E-state index contributed by atoms with van der Waals surface area (Å²) >= 11 is 3.37. The van der Waals surface area contributed by atoms with Crippen LogP contribution in [0.1, 0.15) is 27.7 Å². The summed E-state index contributed by atoms with van der Waals surface area (Å²) in [4.78, 5) is 46.8. The summed E-state index contributed by atoms with van der Waals surface area (Å²) in [5, 5.41) is 2.64. The Hall–Kier alpha value is -2.66. The molecule has 10 nitrogen and oxygen atoms in total. The van der Waals surface area contributed by atoms with E-state index in [1.807, 2.05) is 0 Å². The van der Waals surface area contributed by atoms with Crippen LogP contribution in [0.25, 0.3) is 0 Å². The molecule has 1 heterocycles. The molecule has 5 atom stereocenters. The number of ether oxygens (including phenoxy) is 5. The van der Waals surface area contributed by atoms with Crippen LogP contribution in [0.3, 0.4) is 0 Å². The summed E-state index contributed by atoms with van der Waals surface area (Å²) in [7, 11) is 0. The van der Waals surface area contributed by atoms with E-state index >= 15 is 0 Å². The lowest BCUT2D eigenvalue weighted by molar-refractivity contribution is -0.257. The van der Waals surface area contributed by atoms with Crippen molar-refractivity contribution in [3.05, 3.63) is 28.7 Å². The monoisotopic (exact) mass is 501 g/mol. The zero-order chi connectivity index (χ0) is 23.1. The first-order valence-electron chi connectivity index (χ1n) is 9.40. The minimum atomic E-state index is -1.17. The number of hydrogen-bond donors (Lipinski definition) is 1. The largest absolute Gasteiger partial charge is 0.463 e. The molecule has 11 heteroatoms. The Morgan fingerprint density at radius 2 is 1.58 bits per heavy atom. The highest BCUT2D eigenvalue weighted by Crippen LogP contribution is 2.31. The van der Waals surface area contributed by atoms with Gasteiger partial charge in [-0.3, -0.25) is 19.2 Å². The van der Waals surface area contributed by atoms with Crippen molar-refractivity contribution in [2.45, 2.75) is 58.3 Å². The van der Waals surface area contributed by atoms with E-state index in [9.17, 15) is 19.2 Å². The molecule has 170 valence electrons. The number of benzene rings is 1. The van der Waals surface area contributed by atoms with Crippen LogP contribution < -0.4 is 10.1 Å². The van der Waals surface area contributed by atoms with Crippen LogP contribution in [0, 0.1) is 0 Å². The maximum atomic E-state index is 11.9. The van der Waals surface area contributed by atoms with Crippen molar-refractivity contribution in [3.8, 4) is 5.75 Å². The lowest BCUT2D eigenvalue weighted by atomic mass is 9.96. The predicted octanol–water partition coefficient (Wildman–Crippen LogP) is 1.48. The molecule has 1 amide bonds. The van der Waals surface area contributed by atoms with Gasteiger partial charge >= 0.3 is 17.9 Å². The number of esters is 3. The van der Waals surface area contributed by atoms with Crippen molar-refractivity contribution < 1.29 is 42.9 Å². The molecule has 1 aliphatic rings. The Morgan fingerprint density at radius 3 is 2.13 bits per heavy atom. The molecule has 31 heavy (non-hydrogen) atoms. The van der Waals surface area contributed by atoms with Gasteiger partial charge in [0, 0.05) is 27.7 Å². The zero-order valence-corrected chi connectivity index (χ0v) is 19.0. The Bertz CT molecular complexity index is 831. The SMILES string of the molecule is CC(=O)NC1C(Oc2ccccc2Br)OC(COC(C)=O)C(OC(C)=O)C1OC(C)=O. The fraction of sp³-hybridized carbons (Fsp3) is 0.500. The molecular formula is C20H24BrNO9. The highest BCUT2D eigenvalue weighted by molar-refractivity contribution is 9.10. The van der Waals surface area contributed by atoms with E-state index in [1.54, 1.807) is 24.3 Å². The van der Waals surface area contributed by atoms with E-state index in [-0.39, 0.29) is 6.61 Å². The quantitative estimate of drug-likeness (QED) is 0.436. The van der Waals surface area contributed by atoms with Crippen LogP contribution in [0.4, 0.5) is 0 Å². The summed E-state index contributed by atoms with van der Waals surface area (Å²) in [6, 6.07) is 5.89. The van der Waals surface area contributed by atoms with Crippen molar-refractivity contribution in [1.82, 2.24) is 5.32 Å². The second-order valence-electron chi connectivity index (χ2n) is 6.77. The van der Waals surface area contributed by atoms with Gasteiger partial charge in [-0.1, -0.05) is 12.1 Å². The minimum Gasteiger partial charge on any atom is -0.463 e.